The van der Waals surface area contributed by atoms with Crippen LogP contribution in [-0.4, -0.2) is 23.5 Å². The van der Waals surface area contributed by atoms with Crippen LogP contribution >= 0.6 is 12.2 Å². The smallest absolute Gasteiger partial charge is 0.191 e. The lowest BCUT2D eigenvalue weighted by molar-refractivity contribution is 0.415. The SMILES string of the molecule is COc1ccc(NC(=S)N/N=C/c2ccccc2O)cc1. The Hall–Kier alpha value is -2.60. The number of thiocarbonyl (C=S) groups is 1. The predicted octanol–water partition coefficient (Wildman–Crippen LogP) is 2.72. The van der Waals surface area contributed by atoms with E-state index in [1.54, 1.807) is 25.3 Å². The van der Waals surface area contributed by atoms with Crippen molar-refractivity contribution in [1.29, 1.82) is 0 Å². The summed E-state index contributed by atoms with van der Waals surface area (Å²) >= 11 is 5.12. The van der Waals surface area contributed by atoms with Gasteiger partial charge < -0.3 is 15.2 Å². The van der Waals surface area contributed by atoms with E-state index in [1.807, 2.05) is 30.3 Å². The lowest BCUT2D eigenvalue weighted by Crippen LogP contribution is -2.23. The molecule has 0 saturated carbocycles. The van der Waals surface area contributed by atoms with Crippen molar-refractivity contribution >= 4 is 29.2 Å². The summed E-state index contributed by atoms with van der Waals surface area (Å²) in [6.45, 7) is 0. The summed E-state index contributed by atoms with van der Waals surface area (Å²) in [4.78, 5) is 0. The van der Waals surface area contributed by atoms with Crippen molar-refractivity contribution in [3.63, 3.8) is 0 Å². The van der Waals surface area contributed by atoms with Gasteiger partial charge in [-0.2, -0.15) is 5.10 Å². The molecule has 0 aromatic heterocycles. The average molecular weight is 301 g/mol. The van der Waals surface area contributed by atoms with Crippen LogP contribution < -0.4 is 15.5 Å². The number of hydrazone groups is 1. The first-order valence-corrected chi connectivity index (χ1v) is 6.62. The maximum Gasteiger partial charge on any atom is 0.191 e. The number of ether oxygens (including phenoxy) is 1. The van der Waals surface area contributed by atoms with E-state index in [9.17, 15) is 5.11 Å². The third kappa shape index (κ3) is 4.47. The van der Waals surface area contributed by atoms with Gasteiger partial charge in [0.1, 0.15) is 11.5 Å². The van der Waals surface area contributed by atoms with Crippen molar-refractivity contribution in [2.75, 3.05) is 12.4 Å². The predicted molar refractivity (Wildman–Crippen MR) is 88.1 cm³/mol. The van der Waals surface area contributed by atoms with Gasteiger partial charge in [0.2, 0.25) is 0 Å². The molecule has 0 radical (unpaired) electrons. The number of anilines is 1. The van der Waals surface area contributed by atoms with E-state index in [0.29, 0.717) is 10.7 Å². The number of benzene rings is 2. The first-order valence-electron chi connectivity index (χ1n) is 6.21. The zero-order chi connectivity index (χ0) is 15.1. The van der Waals surface area contributed by atoms with Crippen LogP contribution in [0.15, 0.2) is 53.6 Å². The van der Waals surface area contributed by atoms with Crippen LogP contribution in [0.2, 0.25) is 0 Å². The summed E-state index contributed by atoms with van der Waals surface area (Å²) in [5.41, 5.74) is 4.12. The van der Waals surface area contributed by atoms with E-state index in [-0.39, 0.29) is 5.75 Å². The van der Waals surface area contributed by atoms with Gasteiger partial charge in [0.25, 0.3) is 0 Å². The van der Waals surface area contributed by atoms with Gasteiger partial charge in [-0.25, -0.2) is 0 Å². The number of rotatable bonds is 4. The molecule has 0 atom stereocenters. The average Bonchev–Trinajstić information content (AvgIpc) is 2.50. The normalized spacial score (nSPS) is 10.3. The fraction of sp³-hybridized carbons (Fsp3) is 0.0667. The van der Waals surface area contributed by atoms with Gasteiger partial charge in [0.15, 0.2) is 5.11 Å². The molecule has 6 heteroatoms. The summed E-state index contributed by atoms with van der Waals surface area (Å²) in [5, 5.41) is 16.9. The molecule has 3 N–H and O–H groups in total. The highest BCUT2D eigenvalue weighted by Crippen LogP contribution is 2.15. The molecule has 21 heavy (non-hydrogen) atoms. The standard InChI is InChI=1S/C15H15N3O2S/c1-20-13-8-6-12(7-9-13)17-15(21)18-16-10-11-4-2-3-5-14(11)19/h2-10,19H,1H3,(H2,17,18,21)/b16-10+. The maximum absolute atomic E-state index is 9.58. The van der Waals surface area contributed by atoms with Crippen molar-refractivity contribution in [3.8, 4) is 11.5 Å². The maximum atomic E-state index is 9.58. The first-order chi connectivity index (χ1) is 10.2. The number of phenols is 1. The highest BCUT2D eigenvalue weighted by molar-refractivity contribution is 7.80. The van der Waals surface area contributed by atoms with Crippen molar-refractivity contribution in [2.45, 2.75) is 0 Å². The minimum absolute atomic E-state index is 0.164. The van der Waals surface area contributed by atoms with Gasteiger partial charge in [-0.05, 0) is 48.6 Å². The molecule has 5 nitrogen and oxygen atoms in total. The van der Waals surface area contributed by atoms with Crippen LogP contribution in [-0.2, 0) is 0 Å². The van der Waals surface area contributed by atoms with E-state index in [1.165, 1.54) is 6.21 Å². The summed E-state index contributed by atoms with van der Waals surface area (Å²) in [5.74, 6) is 0.939. The molecule has 0 aliphatic rings. The largest absolute Gasteiger partial charge is 0.507 e. The second kappa shape index (κ2) is 7.25. The zero-order valence-electron chi connectivity index (χ0n) is 11.4. The number of para-hydroxylation sites is 1. The molecule has 0 bridgehead atoms. The molecule has 0 saturated heterocycles. The van der Waals surface area contributed by atoms with Gasteiger partial charge in [0, 0.05) is 11.3 Å². The summed E-state index contributed by atoms with van der Waals surface area (Å²) in [6.07, 6.45) is 1.50. The lowest BCUT2D eigenvalue weighted by Gasteiger charge is -2.07. The second-order valence-electron chi connectivity index (χ2n) is 4.11. The molecule has 108 valence electrons. The van der Waals surface area contributed by atoms with Crippen LogP contribution in [0, 0.1) is 0 Å². The van der Waals surface area contributed by atoms with Crippen LogP contribution in [0.3, 0.4) is 0 Å². The van der Waals surface area contributed by atoms with E-state index in [0.717, 1.165) is 11.4 Å². The number of nitrogens with one attached hydrogen (secondary N) is 2. The third-order valence-electron chi connectivity index (χ3n) is 2.65. The number of nitrogens with zero attached hydrogens (tertiary/aromatic N) is 1. The lowest BCUT2D eigenvalue weighted by atomic mass is 10.2. The van der Waals surface area contributed by atoms with Crippen molar-refractivity contribution in [2.24, 2.45) is 5.10 Å². The van der Waals surface area contributed by atoms with E-state index < -0.39 is 0 Å². The Kier molecular flexibility index (Phi) is 5.11. The summed E-state index contributed by atoms with van der Waals surface area (Å²) in [6, 6.07) is 14.3. The van der Waals surface area contributed by atoms with Crippen molar-refractivity contribution < 1.29 is 9.84 Å². The minimum atomic E-state index is 0.164. The van der Waals surface area contributed by atoms with Gasteiger partial charge >= 0.3 is 0 Å². The zero-order valence-corrected chi connectivity index (χ0v) is 12.2. The molecule has 2 aromatic carbocycles. The molecule has 0 aliphatic heterocycles. The summed E-state index contributed by atoms with van der Waals surface area (Å²) < 4.78 is 5.08. The number of hydrogen-bond donors (Lipinski definition) is 3. The molecule has 0 heterocycles. The molecule has 2 aromatic rings. The molecule has 0 unspecified atom stereocenters. The highest BCUT2D eigenvalue weighted by Gasteiger charge is 1.98. The highest BCUT2D eigenvalue weighted by atomic mass is 32.1. The minimum Gasteiger partial charge on any atom is -0.507 e. The molecule has 0 spiro atoms. The Morgan fingerprint density at radius 3 is 2.57 bits per heavy atom. The van der Waals surface area contributed by atoms with E-state index in [4.69, 9.17) is 17.0 Å². The van der Waals surface area contributed by atoms with Crippen LogP contribution in [0.1, 0.15) is 5.56 Å². The molecule has 0 amide bonds. The number of hydrogen-bond acceptors (Lipinski definition) is 4. The van der Waals surface area contributed by atoms with Crippen molar-refractivity contribution in [1.82, 2.24) is 5.43 Å². The quantitative estimate of drug-likeness (QED) is 0.460. The van der Waals surface area contributed by atoms with Crippen LogP contribution in [0.5, 0.6) is 11.5 Å². The Labute approximate surface area is 128 Å². The van der Waals surface area contributed by atoms with Gasteiger partial charge in [0.05, 0.1) is 13.3 Å². The number of methoxy groups -OCH3 is 1. The van der Waals surface area contributed by atoms with Gasteiger partial charge in [-0.15, -0.1) is 0 Å². The Bertz CT molecular complexity index is 642. The first kappa shape index (κ1) is 14.8. The Morgan fingerprint density at radius 2 is 1.90 bits per heavy atom. The fourth-order valence-electron chi connectivity index (χ4n) is 1.59. The molecule has 0 fully saturated rings. The van der Waals surface area contributed by atoms with Crippen LogP contribution in [0.25, 0.3) is 0 Å². The molecule has 0 aliphatic carbocycles. The number of aromatic hydroxyl groups is 1. The Morgan fingerprint density at radius 1 is 1.19 bits per heavy atom. The van der Waals surface area contributed by atoms with E-state index >= 15 is 0 Å². The van der Waals surface area contributed by atoms with Crippen LogP contribution in [0.4, 0.5) is 5.69 Å². The van der Waals surface area contributed by atoms with Crippen molar-refractivity contribution in [3.05, 3.63) is 54.1 Å². The molecular weight excluding hydrogens is 286 g/mol. The molecular formula is C15H15N3O2S. The monoisotopic (exact) mass is 301 g/mol. The second-order valence-corrected chi connectivity index (χ2v) is 4.52. The fourth-order valence-corrected chi connectivity index (χ4v) is 1.76. The molecule has 2 rings (SSSR count). The third-order valence-corrected chi connectivity index (χ3v) is 2.85. The topological polar surface area (TPSA) is 65.9 Å². The van der Waals surface area contributed by atoms with Gasteiger partial charge in [-0.3, -0.25) is 5.43 Å². The summed E-state index contributed by atoms with van der Waals surface area (Å²) in [7, 11) is 1.61. The Balaban J connectivity index is 1.88. The van der Waals surface area contributed by atoms with Gasteiger partial charge in [-0.1, -0.05) is 12.1 Å². The van der Waals surface area contributed by atoms with E-state index in [2.05, 4.69) is 15.8 Å². The number of phenolic OH excluding ortho intramolecular Hbond substituents is 1.